The van der Waals surface area contributed by atoms with Crippen molar-refractivity contribution in [2.24, 2.45) is 5.10 Å². The smallest absolute Gasteiger partial charge is 0.262 e. The fourth-order valence-electron chi connectivity index (χ4n) is 4.41. The molecule has 3 aromatic carbocycles. The first kappa shape index (κ1) is 27.7. The molecule has 1 aliphatic rings. The molecule has 0 spiro atoms. The molecule has 0 radical (unpaired) electrons. The quantitative estimate of drug-likeness (QED) is 0.369. The molecule has 0 aliphatic carbocycles. The van der Waals surface area contributed by atoms with Gasteiger partial charge in [-0.1, -0.05) is 24.3 Å². The van der Waals surface area contributed by atoms with Crippen molar-refractivity contribution in [3.05, 3.63) is 89.5 Å². The van der Waals surface area contributed by atoms with E-state index in [0.29, 0.717) is 23.5 Å². The van der Waals surface area contributed by atoms with Gasteiger partial charge in [0.1, 0.15) is 23.8 Å². The number of rotatable bonds is 11. The summed E-state index contributed by atoms with van der Waals surface area (Å²) in [6.45, 7) is 0.381. The van der Waals surface area contributed by atoms with Gasteiger partial charge in [0.2, 0.25) is 0 Å². The number of carbonyl (C=O) groups excluding carboxylic acids is 2. The molecule has 0 saturated carbocycles. The first-order chi connectivity index (χ1) is 19.0. The first-order valence-electron chi connectivity index (χ1n) is 12.6. The van der Waals surface area contributed by atoms with Crippen LogP contribution in [-0.2, 0) is 9.53 Å². The van der Waals surface area contributed by atoms with Crippen LogP contribution < -0.4 is 14.2 Å². The van der Waals surface area contributed by atoms with Crippen LogP contribution in [0, 0.1) is 0 Å². The van der Waals surface area contributed by atoms with E-state index in [2.05, 4.69) is 0 Å². The summed E-state index contributed by atoms with van der Waals surface area (Å²) in [4.78, 5) is 28.6. The molecular weight excluding hydrogens is 498 g/mol. The zero-order valence-electron chi connectivity index (χ0n) is 22.6. The molecule has 3 aromatic rings. The summed E-state index contributed by atoms with van der Waals surface area (Å²) >= 11 is 0. The highest BCUT2D eigenvalue weighted by molar-refractivity contribution is 6.04. The summed E-state index contributed by atoms with van der Waals surface area (Å²) in [6, 6.07) is 21.6. The molecule has 1 unspecified atom stereocenters. The lowest BCUT2D eigenvalue weighted by Gasteiger charge is -2.27. The largest absolute Gasteiger partial charge is 0.497 e. The van der Waals surface area contributed by atoms with E-state index in [1.807, 2.05) is 48.5 Å². The molecule has 0 aromatic heterocycles. The average Bonchev–Trinajstić information content (AvgIpc) is 3.45. The van der Waals surface area contributed by atoms with Gasteiger partial charge in [-0.2, -0.15) is 5.10 Å². The average molecular weight is 532 g/mol. The molecule has 0 saturated heterocycles. The first-order valence-corrected chi connectivity index (χ1v) is 12.6. The number of methoxy groups -OCH3 is 4. The van der Waals surface area contributed by atoms with Crippen molar-refractivity contribution in [3.8, 4) is 17.2 Å². The maximum atomic E-state index is 13.8. The van der Waals surface area contributed by atoms with E-state index in [4.69, 9.17) is 24.0 Å². The molecule has 0 N–H and O–H groups in total. The number of nitrogens with zero attached hydrogens (tertiary/aromatic N) is 3. The molecule has 0 bridgehead atoms. The molecule has 1 atom stereocenters. The number of carbonyl (C=O) groups is 2. The van der Waals surface area contributed by atoms with Gasteiger partial charge in [-0.15, -0.1) is 0 Å². The zero-order valence-corrected chi connectivity index (χ0v) is 22.6. The zero-order chi connectivity index (χ0) is 27.8. The van der Waals surface area contributed by atoms with Gasteiger partial charge in [-0.25, -0.2) is 5.01 Å². The number of hydrogen-bond acceptors (Lipinski definition) is 7. The van der Waals surface area contributed by atoms with Crippen LogP contribution in [0.2, 0.25) is 0 Å². The molecule has 0 fully saturated rings. The van der Waals surface area contributed by atoms with Crippen molar-refractivity contribution in [2.45, 2.75) is 12.5 Å². The predicted molar refractivity (Wildman–Crippen MR) is 148 cm³/mol. The van der Waals surface area contributed by atoms with Gasteiger partial charge in [0, 0.05) is 31.2 Å². The Kier molecular flexibility index (Phi) is 9.17. The van der Waals surface area contributed by atoms with Gasteiger partial charge in [-0.3, -0.25) is 9.59 Å². The van der Waals surface area contributed by atoms with Gasteiger partial charge in [0.05, 0.1) is 39.7 Å². The topological polar surface area (TPSA) is 89.9 Å². The second-order valence-electron chi connectivity index (χ2n) is 8.96. The molecule has 39 heavy (non-hydrogen) atoms. The van der Waals surface area contributed by atoms with Gasteiger partial charge in [0.25, 0.3) is 11.8 Å². The molecule has 204 valence electrons. The van der Waals surface area contributed by atoms with E-state index < -0.39 is 0 Å². The lowest BCUT2D eigenvalue weighted by molar-refractivity contribution is -0.133. The maximum Gasteiger partial charge on any atom is 0.262 e. The van der Waals surface area contributed by atoms with Crippen LogP contribution in [-0.4, -0.2) is 75.6 Å². The Morgan fingerprint density at radius 2 is 1.51 bits per heavy atom. The second-order valence-corrected chi connectivity index (χ2v) is 8.96. The van der Waals surface area contributed by atoms with Crippen molar-refractivity contribution < 1.29 is 28.5 Å². The Labute approximate surface area is 228 Å². The van der Waals surface area contributed by atoms with Crippen molar-refractivity contribution in [1.29, 1.82) is 0 Å². The standard InChI is InChI=1S/C30H33N3O6/c1-36-17-16-32(30(35)22-10-14-25(38-3)15-11-22)20-29(34)33-28(21-8-12-24(37-2)13-9-21)19-27(31-33)23-6-5-7-26(18-23)39-4/h5-15,18,28H,16-17,19-20H2,1-4H3. The van der Waals surface area contributed by atoms with E-state index in [1.165, 1.54) is 9.91 Å². The summed E-state index contributed by atoms with van der Waals surface area (Å²) in [7, 11) is 6.34. The van der Waals surface area contributed by atoms with Gasteiger partial charge < -0.3 is 23.8 Å². The highest BCUT2D eigenvalue weighted by atomic mass is 16.5. The summed E-state index contributed by atoms with van der Waals surface area (Å²) < 4.78 is 21.1. The highest BCUT2D eigenvalue weighted by Crippen LogP contribution is 2.34. The lowest BCUT2D eigenvalue weighted by Crippen LogP contribution is -2.42. The number of hydrazone groups is 1. The van der Waals surface area contributed by atoms with Crippen LogP contribution in [0.3, 0.4) is 0 Å². The van der Waals surface area contributed by atoms with Crippen LogP contribution in [0.1, 0.15) is 33.9 Å². The molecule has 9 heteroatoms. The Bertz CT molecular complexity index is 1310. The van der Waals surface area contributed by atoms with Crippen LogP contribution in [0.25, 0.3) is 0 Å². The monoisotopic (exact) mass is 531 g/mol. The molecule has 2 amide bonds. The second kappa shape index (κ2) is 12.9. The predicted octanol–water partition coefficient (Wildman–Crippen LogP) is 4.18. The summed E-state index contributed by atoms with van der Waals surface area (Å²) in [6.07, 6.45) is 0.510. The van der Waals surface area contributed by atoms with Gasteiger partial charge in [-0.05, 0) is 54.1 Å². The SMILES string of the molecule is COCCN(CC(=O)N1N=C(c2cccc(OC)c2)CC1c1ccc(OC)cc1)C(=O)c1ccc(OC)cc1. The Hall–Kier alpha value is -4.37. The Morgan fingerprint density at radius 3 is 2.13 bits per heavy atom. The van der Waals surface area contributed by atoms with Crippen molar-refractivity contribution >= 4 is 17.5 Å². The number of ether oxygens (including phenoxy) is 4. The third-order valence-corrected chi connectivity index (χ3v) is 6.59. The van der Waals surface area contributed by atoms with Crippen LogP contribution in [0.5, 0.6) is 17.2 Å². The van der Waals surface area contributed by atoms with Crippen molar-refractivity contribution in [1.82, 2.24) is 9.91 Å². The van der Waals surface area contributed by atoms with Crippen LogP contribution in [0.4, 0.5) is 0 Å². The van der Waals surface area contributed by atoms with Crippen molar-refractivity contribution in [3.63, 3.8) is 0 Å². The van der Waals surface area contributed by atoms with E-state index in [-0.39, 0.29) is 37.6 Å². The van der Waals surface area contributed by atoms with Gasteiger partial charge in [0.15, 0.2) is 0 Å². The minimum Gasteiger partial charge on any atom is -0.497 e. The van der Waals surface area contributed by atoms with E-state index in [9.17, 15) is 9.59 Å². The summed E-state index contributed by atoms with van der Waals surface area (Å²) in [5.74, 6) is 1.49. The minimum atomic E-state index is -0.343. The molecule has 1 aliphatic heterocycles. The molecule has 1 heterocycles. The number of hydrogen-bond donors (Lipinski definition) is 0. The maximum absolute atomic E-state index is 13.8. The fraction of sp³-hybridized carbons (Fsp3) is 0.300. The normalized spacial score (nSPS) is 14.5. The molecule has 4 rings (SSSR count). The third-order valence-electron chi connectivity index (χ3n) is 6.59. The Balaban J connectivity index is 1.63. The van der Waals surface area contributed by atoms with E-state index in [0.717, 1.165) is 22.6 Å². The Morgan fingerprint density at radius 1 is 0.872 bits per heavy atom. The van der Waals surface area contributed by atoms with E-state index >= 15 is 0 Å². The molecule has 9 nitrogen and oxygen atoms in total. The minimum absolute atomic E-state index is 0.157. The van der Waals surface area contributed by atoms with E-state index in [1.54, 1.807) is 52.7 Å². The third kappa shape index (κ3) is 6.56. The van der Waals surface area contributed by atoms with Crippen LogP contribution >= 0.6 is 0 Å². The summed E-state index contributed by atoms with van der Waals surface area (Å²) in [5, 5.41) is 6.23. The fourth-order valence-corrected chi connectivity index (χ4v) is 4.41. The number of amides is 2. The van der Waals surface area contributed by atoms with Crippen molar-refractivity contribution in [2.75, 3.05) is 48.1 Å². The summed E-state index contributed by atoms with van der Waals surface area (Å²) in [5.41, 5.74) is 2.99. The van der Waals surface area contributed by atoms with Crippen LogP contribution in [0.15, 0.2) is 77.9 Å². The lowest BCUT2D eigenvalue weighted by atomic mass is 9.98. The molecular formula is C30H33N3O6. The number of benzene rings is 3. The van der Waals surface area contributed by atoms with Gasteiger partial charge >= 0.3 is 0 Å². The highest BCUT2D eigenvalue weighted by Gasteiger charge is 2.34.